The van der Waals surface area contributed by atoms with Crippen LogP contribution in [0.4, 0.5) is 0 Å². The second-order valence-electron chi connectivity index (χ2n) is 6.35. The fraction of sp³-hybridized carbons (Fsp3) is 0.556. The maximum absolute atomic E-state index is 3.56. The maximum Gasteiger partial charge on any atom is 4.00 e. The van der Waals surface area contributed by atoms with Gasteiger partial charge in [0, 0.05) is 0 Å². The Hall–Kier alpha value is 0.640. The van der Waals surface area contributed by atoms with Gasteiger partial charge in [-0.25, -0.2) is 21.5 Å². The molecule has 120 valence electrons. The van der Waals surface area contributed by atoms with Crippen molar-refractivity contribution in [1.29, 1.82) is 0 Å². The Labute approximate surface area is 169 Å². The van der Waals surface area contributed by atoms with Crippen molar-refractivity contribution in [2.45, 2.75) is 66.5 Å². The molecule has 0 aromatic carbocycles. The summed E-state index contributed by atoms with van der Waals surface area (Å²) in [6.07, 6.45) is 10.5. The first-order valence-corrected chi connectivity index (χ1v) is 10.2. The van der Waals surface area contributed by atoms with Crippen molar-refractivity contribution in [2.24, 2.45) is 0 Å². The molecule has 0 bridgehead atoms. The van der Waals surface area contributed by atoms with E-state index in [1.54, 1.807) is 21.5 Å². The fourth-order valence-electron chi connectivity index (χ4n) is 4.17. The summed E-state index contributed by atoms with van der Waals surface area (Å²) in [4.78, 5) is 0. The minimum absolute atomic E-state index is 0. The molecule has 0 amide bonds. The van der Waals surface area contributed by atoms with E-state index in [9.17, 15) is 0 Å². The number of hydrogen-bond donors (Lipinski definition) is 0. The van der Waals surface area contributed by atoms with Crippen LogP contribution in [0, 0.1) is 12.2 Å². The molecule has 0 aliphatic heterocycles. The molecule has 0 nitrogen and oxygen atoms in total. The second kappa shape index (κ2) is 9.82. The van der Waals surface area contributed by atoms with E-state index in [0.29, 0.717) is 0 Å². The average Bonchev–Trinajstić information content (AvgIpc) is 2.83. The molecule has 0 aromatic rings. The van der Waals surface area contributed by atoms with Crippen LogP contribution in [-0.4, -0.2) is 8.07 Å². The molecule has 0 heterocycles. The molecule has 0 unspecified atom stereocenters. The Bertz CT molecular complexity index is 485. The average molecular weight is 433 g/mol. The Morgan fingerprint density at radius 3 is 1.45 bits per heavy atom. The minimum atomic E-state index is -1.58. The third-order valence-corrected chi connectivity index (χ3v) is 10.0. The van der Waals surface area contributed by atoms with Crippen LogP contribution in [-0.2, 0) is 26.2 Å². The van der Waals surface area contributed by atoms with E-state index < -0.39 is 8.07 Å². The smallest absolute Gasteiger partial charge is 1.00 e. The van der Waals surface area contributed by atoms with E-state index in [4.69, 9.17) is 0 Å². The van der Waals surface area contributed by atoms with Gasteiger partial charge in [-0.3, -0.25) is 12.2 Å². The Morgan fingerprint density at radius 2 is 1.23 bits per heavy atom. The number of halogens is 2. The Morgan fingerprint density at radius 1 is 0.864 bits per heavy atom. The fourth-order valence-corrected chi connectivity index (χ4v) is 9.81. The molecule has 22 heavy (non-hydrogen) atoms. The minimum Gasteiger partial charge on any atom is -1.00 e. The SMILES string of the molecule is CCC[Si](C)(C1=C(C)C[C-]=C1C)C1=C(C)C[C-]=C1C.[Cl-].[Cl-].[Zr+4]. The van der Waals surface area contributed by atoms with Gasteiger partial charge >= 0.3 is 26.2 Å². The van der Waals surface area contributed by atoms with Gasteiger partial charge in [0.2, 0.25) is 0 Å². The zero-order valence-corrected chi connectivity index (χ0v) is 19.6. The molecule has 2 aliphatic carbocycles. The van der Waals surface area contributed by atoms with Crippen LogP contribution in [0.25, 0.3) is 0 Å². The quantitative estimate of drug-likeness (QED) is 0.415. The van der Waals surface area contributed by atoms with Crippen LogP contribution >= 0.6 is 0 Å². The van der Waals surface area contributed by atoms with Crippen LogP contribution in [0.2, 0.25) is 12.6 Å². The summed E-state index contributed by atoms with van der Waals surface area (Å²) >= 11 is 0. The predicted octanol–water partition coefficient (Wildman–Crippen LogP) is -0.502. The van der Waals surface area contributed by atoms with Crippen molar-refractivity contribution in [3.63, 3.8) is 0 Å². The van der Waals surface area contributed by atoms with Crippen LogP contribution in [0.15, 0.2) is 32.7 Å². The van der Waals surface area contributed by atoms with Gasteiger partial charge in [-0.2, -0.15) is 11.1 Å². The third kappa shape index (κ3) is 4.38. The van der Waals surface area contributed by atoms with E-state index in [-0.39, 0.29) is 51.0 Å². The van der Waals surface area contributed by atoms with Crippen molar-refractivity contribution in [1.82, 2.24) is 0 Å². The van der Waals surface area contributed by atoms with Gasteiger partial charge < -0.3 is 24.8 Å². The summed E-state index contributed by atoms with van der Waals surface area (Å²) in [5, 5.41) is 3.37. The van der Waals surface area contributed by atoms with E-state index in [1.165, 1.54) is 23.6 Å². The van der Waals surface area contributed by atoms with Crippen LogP contribution < -0.4 is 24.8 Å². The normalized spacial score (nSPS) is 17.5. The zero-order chi connectivity index (χ0) is 14.2. The third-order valence-electron chi connectivity index (χ3n) is 4.69. The van der Waals surface area contributed by atoms with E-state index in [0.717, 1.165) is 12.8 Å². The van der Waals surface area contributed by atoms with Gasteiger partial charge in [-0.1, -0.05) is 61.7 Å². The van der Waals surface area contributed by atoms with Crippen molar-refractivity contribution < 1.29 is 51.0 Å². The monoisotopic (exact) mass is 430 g/mol. The number of allylic oxidation sites excluding steroid dienone is 8. The predicted molar refractivity (Wildman–Crippen MR) is 86.2 cm³/mol. The summed E-state index contributed by atoms with van der Waals surface area (Å²) in [5.74, 6) is 0. The zero-order valence-electron chi connectivity index (χ0n) is 14.6. The topological polar surface area (TPSA) is 0 Å². The van der Waals surface area contributed by atoms with Crippen LogP contribution in [0.3, 0.4) is 0 Å². The van der Waals surface area contributed by atoms with Crippen molar-refractivity contribution >= 4 is 8.07 Å². The van der Waals surface area contributed by atoms with Gasteiger partial charge in [0.15, 0.2) is 0 Å². The molecule has 2 aliphatic rings. The Kier molecular flexibility index (Phi) is 11.1. The number of rotatable bonds is 4. The Balaban J connectivity index is 0. The molecule has 0 radical (unpaired) electrons. The van der Waals surface area contributed by atoms with Crippen molar-refractivity contribution in [3.05, 3.63) is 44.8 Å². The molecule has 0 aromatic heterocycles. The molecule has 0 saturated carbocycles. The van der Waals surface area contributed by atoms with Crippen LogP contribution in [0.5, 0.6) is 0 Å². The van der Waals surface area contributed by atoms with Gasteiger partial charge in [0.25, 0.3) is 0 Å². The molecule has 0 atom stereocenters. The molecule has 0 saturated heterocycles. The van der Waals surface area contributed by atoms with Crippen molar-refractivity contribution in [3.8, 4) is 0 Å². The summed E-state index contributed by atoms with van der Waals surface area (Å²) in [6.45, 7) is 14.1. The van der Waals surface area contributed by atoms with Crippen molar-refractivity contribution in [2.75, 3.05) is 0 Å². The first-order chi connectivity index (χ1) is 8.91. The van der Waals surface area contributed by atoms with Gasteiger partial charge in [0.05, 0.1) is 0 Å². The first kappa shape index (κ1) is 24.9. The first-order valence-electron chi connectivity index (χ1n) is 7.47. The second-order valence-corrected chi connectivity index (χ2v) is 10.5. The maximum atomic E-state index is 3.56. The summed E-state index contributed by atoms with van der Waals surface area (Å²) < 4.78 is 0. The van der Waals surface area contributed by atoms with Gasteiger partial charge in [-0.15, -0.1) is 12.8 Å². The molecule has 0 spiro atoms. The van der Waals surface area contributed by atoms with Gasteiger partial charge in [-0.05, 0) is 0 Å². The van der Waals surface area contributed by atoms with E-state index >= 15 is 0 Å². The molecular formula is C18H26Cl2SiZr. The van der Waals surface area contributed by atoms with Crippen LogP contribution in [0.1, 0.15) is 53.9 Å². The van der Waals surface area contributed by atoms with Gasteiger partial charge in [0.1, 0.15) is 0 Å². The summed E-state index contributed by atoms with van der Waals surface area (Å²) in [6, 6.07) is 1.35. The molecule has 4 heteroatoms. The largest absolute Gasteiger partial charge is 4.00 e. The molecule has 0 fully saturated rings. The molecule has 2 rings (SSSR count). The summed E-state index contributed by atoms with van der Waals surface area (Å²) in [5.41, 5.74) is 6.00. The van der Waals surface area contributed by atoms with E-state index in [1.807, 2.05) is 0 Å². The molecular weight excluding hydrogens is 406 g/mol. The van der Waals surface area contributed by atoms with E-state index in [2.05, 4.69) is 53.3 Å². The summed E-state index contributed by atoms with van der Waals surface area (Å²) in [7, 11) is -1.58. The number of hydrogen-bond acceptors (Lipinski definition) is 0. The standard InChI is InChI=1S/C18H26Si.2ClH.Zr/c1-7-12-19(6,17-13(2)8-9-14(17)3)18-15(4)10-11-16(18)5;;;/h7-8,10,12H2,1-6H3;2*1H;/q-2;;;+4/p-2. The molecule has 0 N–H and O–H groups in total.